The molecule has 0 unspecified atom stereocenters. The topological polar surface area (TPSA) is 85.6 Å². The highest BCUT2D eigenvalue weighted by Gasteiger charge is 2.36. The van der Waals surface area contributed by atoms with Gasteiger partial charge in [0.05, 0.1) is 45.5 Å². The van der Waals surface area contributed by atoms with Crippen LogP contribution in [0.5, 0.6) is 0 Å². The molecule has 0 bridgehead atoms. The molecule has 1 amide bonds. The van der Waals surface area contributed by atoms with E-state index in [1.807, 2.05) is 0 Å². The second-order valence-electron chi connectivity index (χ2n) is 6.53. The van der Waals surface area contributed by atoms with Crippen molar-refractivity contribution in [2.45, 2.75) is 6.18 Å². The number of carbonyl (C=O) groups is 1. The quantitative estimate of drug-likeness (QED) is 0.329. The Bertz CT molecular complexity index is 1350. The third-order valence-corrected chi connectivity index (χ3v) is 5.63. The fraction of sp³-hybridized carbons (Fsp3) is 0.0500. The van der Waals surface area contributed by atoms with Gasteiger partial charge in [0, 0.05) is 16.9 Å². The van der Waals surface area contributed by atoms with E-state index >= 15 is 0 Å². The van der Waals surface area contributed by atoms with Crippen molar-refractivity contribution in [1.82, 2.24) is 25.0 Å². The molecule has 1 aromatic carbocycles. The molecular weight excluding hydrogens is 548 g/mol. The summed E-state index contributed by atoms with van der Waals surface area (Å²) in [6.45, 7) is 0. The van der Waals surface area contributed by atoms with Crippen LogP contribution in [0.2, 0.25) is 10.0 Å². The smallest absolute Gasteiger partial charge is 0.320 e. The Morgan fingerprint density at radius 2 is 1.73 bits per heavy atom. The fourth-order valence-corrected chi connectivity index (χ4v) is 3.92. The standard InChI is InChI=1S/C20H10BrCl2F3N6O/c21-15-9-27-2-1-11(15)12-7-16(22)13(6-14(12)20(24,25)26)19(33)31-10-5-17(23)18(28-8-10)32-29-3-4-30-32/h1-9H,(H,31,33). The lowest BCUT2D eigenvalue weighted by atomic mass is 9.97. The minimum Gasteiger partial charge on any atom is -0.320 e. The molecule has 4 aromatic rings. The number of anilines is 1. The second-order valence-corrected chi connectivity index (χ2v) is 8.20. The molecule has 0 fully saturated rings. The predicted octanol–water partition coefficient (Wildman–Crippen LogP) is 6.06. The van der Waals surface area contributed by atoms with Crippen molar-refractivity contribution in [1.29, 1.82) is 0 Å². The molecule has 1 N–H and O–H groups in total. The molecule has 0 aliphatic carbocycles. The van der Waals surface area contributed by atoms with Gasteiger partial charge in [-0.1, -0.05) is 23.2 Å². The van der Waals surface area contributed by atoms with Gasteiger partial charge in [0.1, 0.15) is 0 Å². The Labute approximate surface area is 202 Å². The molecule has 13 heteroatoms. The Hall–Kier alpha value is -3.02. The molecule has 3 heterocycles. The lowest BCUT2D eigenvalue weighted by Crippen LogP contribution is -2.16. The van der Waals surface area contributed by atoms with E-state index in [1.165, 1.54) is 47.9 Å². The summed E-state index contributed by atoms with van der Waals surface area (Å²) in [6.07, 6.45) is 2.10. The summed E-state index contributed by atoms with van der Waals surface area (Å²) in [6, 6.07) is 4.58. The summed E-state index contributed by atoms with van der Waals surface area (Å²) in [4.78, 5) is 21.9. The van der Waals surface area contributed by atoms with Crippen molar-refractivity contribution in [2.75, 3.05) is 5.32 Å². The van der Waals surface area contributed by atoms with Gasteiger partial charge in [-0.3, -0.25) is 9.78 Å². The van der Waals surface area contributed by atoms with Crippen LogP contribution < -0.4 is 5.32 Å². The number of benzene rings is 1. The molecule has 0 radical (unpaired) electrons. The zero-order chi connectivity index (χ0) is 23.8. The molecule has 7 nitrogen and oxygen atoms in total. The summed E-state index contributed by atoms with van der Waals surface area (Å²) in [7, 11) is 0. The van der Waals surface area contributed by atoms with Gasteiger partial charge >= 0.3 is 6.18 Å². The first-order chi connectivity index (χ1) is 15.6. The van der Waals surface area contributed by atoms with Gasteiger partial charge in [-0.25, -0.2) is 4.98 Å². The van der Waals surface area contributed by atoms with Crippen molar-refractivity contribution in [2.24, 2.45) is 0 Å². The maximum atomic E-state index is 13.9. The van der Waals surface area contributed by atoms with Gasteiger partial charge in [0.15, 0.2) is 5.82 Å². The first-order valence-corrected chi connectivity index (χ1v) is 10.5. The van der Waals surface area contributed by atoms with Gasteiger partial charge in [0.2, 0.25) is 0 Å². The van der Waals surface area contributed by atoms with E-state index in [9.17, 15) is 18.0 Å². The van der Waals surface area contributed by atoms with E-state index in [0.29, 0.717) is 10.5 Å². The van der Waals surface area contributed by atoms with Gasteiger partial charge in [-0.2, -0.15) is 23.4 Å². The average Bonchev–Trinajstić information content (AvgIpc) is 3.27. The molecule has 4 rings (SSSR count). The fourth-order valence-electron chi connectivity index (χ4n) is 2.97. The molecule has 0 aliphatic heterocycles. The zero-order valence-corrected chi connectivity index (χ0v) is 19.2. The molecule has 0 saturated carbocycles. The molecule has 0 atom stereocenters. The van der Waals surface area contributed by atoms with Crippen LogP contribution in [0, 0.1) is 0 Å². The van der Waals surface area contributed by atoms with Crippen molar-refractivity contribution in [3.63, 3.8) is 0 Å². The molecular formula is C20H10BrCl2F3N6O. The summed E-state index contributed by atoms with van der Waals surface area (Å²) in [5.41, 5.74) is -1.22. The third-order valence-electron chi connectivity index (χ3n) is 4.41. The summed E-state index contributed by atoms with van der Waals surface area (Å²) < 4.78 is 41.9. The van der Waals surface area contributed by atoms with E-state index in [2.05, 4.69) is 41.4 Å². The maximum absolute atomic E-state index is 13.9. The van der Waals surface area contributed by atoms with Crippen LogP contribution in [0.3, 0.4) is 0 Å². The molecule has 0 saturated heterocycles. The minimum atomic E-state index is -4.75. The number of nitrogens with zero attached hydrogens (tertiary/aromatic N) is 5. The molecule has 168 valence electrons. The van der Waals surface area contributed by atoms with E-state index in [1.54, 1.807) is 0 Å². The van der Waals surface area contributed by atoms with E-state index < -0.39 is 17.6 Å². The zero-order valence-electron chi connectivity index (χ0n) is 16.1. The van der Waals surface area contributed by atoms with E-state index in [0.717, 1.165) is 6.07 Å². The van der Waals surface area contributed by atoms with E-state index in [-0.39, 0.29) is 38.2 Å². The predicted molar refractivity (Wildman–Crippen MR) is 120 cm³/mol. The van der Waals surface area contributed by atoms with Crippen molar-refractivity contribution < 1.29 is 18.0 Å². The number of halogens is 6. The number of aromatic nitrogens is 5. The summed E-state index contributed by atoms with van der Waals surface area (Å²) in [5, 5.41) is 10.2. The minimum absolute atomic E-state index is 0.115. The van der Waals surface area contributed by atoms with Crippen molar-refractivity contribution in [3.05, 3.63) is 80.9 Å². The Kier molecular flexibility index (Phi) is 6.37. The van der Waals surface area contributed by atoms with Crippen LogP contribution in [0.15, 0.2) is 59.7 Å². The normalized spacial score (nSPS) is 11.5. The highest BCUT2D eigenvalue weighted by Crippen LogP contribution is 2.42. The SMILES string of the molecule is O=C(Nc1cnc(-n2nccn2)c(Cl)c1)c1cc(C(F)(F)F)c(-c2ccncc2Br)cc1Cl. The maximum Gasteiger partial charge on any atom is 0.417 e. The van der Waals surface area contributed by atoms with E-state index in [4.69, 9.17) is 23.2 Å². The van der Waals surface area contributed by atoms with Gasteiger partial charge < -0.3 is 5.32 Å². The second kappa shape index (κ2) is 9.08. The number of alkyl halides is 3. The lowest BCUT2D eigenvalue weighted by molar-refractivity contribution is -0.137. The number of carbonyl (C=O) groups excluding carboxylic acids is 1. The molecule has 0 aliphatic rings. The Morgan fingerprint density at radius 3 is 2.36 bits per heavy atom. The largest absolute Gasteiger partial charge is 0.417 e. The Morgan fingerprint density at radius 1 is 1.00 bits per heavy atom. The van der Waals surface area contributed by atoms with Crippen molar-refractivity contribution >= 4 is 50.7 Å². The highest BCUT2D eigenvalue weighted by molar-refractivity contribution is 9.10. The number of hydrogen-bond donors (Lipinski definition) is 1. The van der Waals surface area contributed by atoms with Crippen LogP contribution in [0.25, 0.3) is 16.9 Å². The number of hydrogen-bond acceptors (Lipinski definition) is 5. The number of pyridine rings is 2. The van der Waals surface area contributed by atoms with Gasteiger partial charge in [-0.15, -0.1) is 4.80 Å². The van der Waals surface area contributed by atoms with Crippen molar-refractivity contribution in [3.8, 4) is 16.9 Å². The highest BCUT2D eigenvalue weighted by atomic mass is 79.9. The van der Waals surface area contributed by atoms with Gasteiger partial charge in [0.25, 0.3) is 5.91 Å². The third kappa shape index (κ3) is 4.85. The van der Waals surface area contributed by atoms with Crippen LogP contribution in [-0.4, -0.2) is 30.9 Å². The summed E-state index contributed by atoms with van der Waals surface area (Å²) >= 11 is 15.6. The molecule has 0 spiro atoms. The molecule has 33 heavy (non-hydrogen) atoms. The monoisotopic (exact) mass is 556 g/mol. The number of rotatable bonds is 4. The molecule has 3 aromatic heterocycles. The van der Waals surface area contributed by atoms with Gasteiger partial charge in [-0.05, 0) is 51.3 Å². The number of amides is 1. The lowest BCUT2D eigenvalue weighted by Gasteiger charge is -2.17. The van der Waals surface area contributed by atoms with Crippen LogP contribution >= 0.6 is 39.1 Å². The first kappa shape index (κ1) is 23.1. The average molecular weight is 558 g/mol. The number of nitrogens with one attached hydrogen (secondary N) is 1. The van der Waals surface area contributed by atoms with Crippen LogP contribution in [-0.2, 0) is 6.18 Å². The Balaban J connectivity index is 1.70. The first-order valence-electron chi connectivity index (χ1n) is 8.99. The van der Waals surface area contributed by atoms with Crippen LogP contribution in [0.4, 0.5) is 18.9 Å². The summed E-state index contributed by atoms with van der Waals surface area (Å²) in [5.74, 6) is -0.655. The van der Waals surface area contributed by atoms with Crippen LogP contribution in [0.1, 0.15) is 15.9 Å².